The lowest BCUT2D eigenvalue weighted by molar-refractivity contribution is -0.152. The highest BCUT2D eigenvalue weighted by atomic mass is 16.4. The van der Waals surface area contributed by atoms with Crippen LogP contribution in [0.5, 0.6) is 0 Å². The standard InChI is InChI=1S/C25H49N3O5/c1-4-7-10-11-12-13-14-15-16-17-22(29)28-25(24(32)33,27-19-9-6-3)21(20-23(30)31)26-18-8-5-2/h21,26-27H,4-20H2,1-3H3,(H,28,29)(H,30,31)(H,32,33)/t21?,25-/m0/s1. The topological polar surface area (TPSA) is 128 Å². The monoisotopic (exact) mass is 471 g/mol. The molecule has 0 aromatic rings. The van der Waals surface area contributed by atoms with Gasteiger partial charge in [0.05, 0.1) is 12.5 Å². The smallest absolute Gasteiger partial charge is 0.346 e. The van der Waals surface area contributed by atoms with Gasteiger partial charge in [0.25, 0.3) is 0 Å². The Kier molecular flexibility index (Phi) is 18.8. The van der Waals surface area contributed by atoms with Crippen molar-refractivity contribution in [2.45, 2.75) is 129 Å². The van der Waals surface area contributed by atoms with Crippen molar-refractivity contribution in [1.29, 1.82) is 0 Å². The molecule has 0 aliphatic carbocycles. The third-order valence-electron chi connectivity index (χ3n) is 5.94. The van der Waals surface area contributed by atoms with Crippen LogP contribution in [0.4, 0.5) is 0 Å². The van der Waals surface area contributed by atoms with Crippen molar-refractivity contribution in [3.63, 3.8) is 0 Å². The molecule has 0 aromatic heterocycles. The number of hydrogen-bond acceptors (Lipinski definition) is 5. The Labute approximate surface area is 200 Å². The zero-order chi connectivity index (χ0) is 25.0. The van der Waals surface area contributed by atoms with Gasteiger partial charge < -0.3 is 20.8 Å². The van der Waals surface area contributed by atoms with Crippen molar-refractivity contribution in [2.24, 2.45) is 0 Å². The predicted molar refractivity (Wildman–Crippen MR) is 132 cm³/mol. The average Bonchev–Trinajstić information content (AvgIpc) is 2.76. The van der Waals surface area contributed by atoms with Gasteiger partial charge in [-0.05, 0) is 32.4 Å². The van der Waals surface area contributed by atoms with Gasteiger partial charge in [0.2, 0.25) is 11.6 Å². The fourth-order valence-electron chi connectivity index (χ4n) is 3.88. The molecular formula is C25H49N3O5. The summed E-state index contributed by atoms with van der Waals surface area (Å²) in [5, 5.41) is 28.3. The van der Waals surface area contributed by atoms with E-state index < -0.39 is 30.1 Å². The van der Waals surface area contributed by atoms with E-state index in [1.54, 1.807) is 0 Å². The normalized spacial score (nSPS) is 13.9. The number of carboxylic acid groups (broad SMARTS) is 2. The molecule has 33 heavy (non-hydrogen) atoms. The van der Waals surface area contributed by atoms with Gasteiger partial charge in [0.1, 0.15) is 0 Å². The van der Waals surface area contributed by atoms with Crippen LogP contribution in [-0.2, 0) is 14.4 Å². The Morgan fingerprint density at radius 3 is 1.76 bits per heavy atom. The molecule has 1 amide bonds. The summed E-state index contributed by atoms with van der Waals surface area (Å²) in [5.74, 6) is -2.74. The highest BCUT2D eigenvalue weighted by Gasteiger charge is 2.47. The minimum Gasteiger partial charge on any atom is -0.481 e. The second-order valence-electron chi connectivity index (χ2n) is 8.98. The van der Waals surface area contributed by atoms with Crippen LogP contribution in [0.25, 0.3) is 0 Å². The molecule has 0 saturated heterocycles. The minimum atomic E-state index is -1.86. The van der Waals surface area contributed by atoms with Crippen molar-refractivity contribution in [2.75, 3.05) is 13.1 Å². The Morgan fingerprint density at radius 1 is 0.727 bits per heavy atom. The van der Waals surface area contributed by atoms with E-state index in [1.165, 1.54) is 32.1 Å². The number of hydrogen-bond donors (Lipinski definition) is 5. The van der Waals surface area contributed by atoms with E-state index in [2.05, 4.69) is 22.9 Å². The zero-order valence-electron chi connectivity index (χ0n) is 21.2. The Hall–Kier alpha value is -1.67. The van der Waals surface area contributed by atoms with Gasteiger partial charge in [-0.2, -0.15) is 0 Å². The Bertz CT molecular complexity index is 544. The number of nitrogens with one attached hydrogen (secondary N) is 3. The highest BCUT2D eigenvalue weighted by molar-refractivity contribution is 5.88. The summed E-state index contributed by atoms with van der Waals surface area (Å²) in [7, 11) is 0. The molecule has 0 aromatic carbocycles. The largest absolute Gasteiger partial charge is 0.481 e. The molecule has 0 spiro atoms. The number of carbonyl (C=O) groups excluding carboxylic acids is 1. The van der Waals surface area contributed by atoms with Gasteiger partial charge in [-0.25, -0.2) is 4.79 Å². The van der Waals surface area contributed by atoms with E-state index >= 15 is 0 Å². The first kappa shape index (κ1) is 31.3. The van der Waals surface area contributed by atoms with Gasteiger partial charge in [0.15, 0.2) is 0 Å². The molecule has 5 N–H and O–H groups in total. The van der Waals surface area contributed by atoms with Crippen LogP contribution in [0.1, 0.15) is 117 Å². The molecule has 8 heteroatoms. The fraction of sp³-hybridized carbons (Fsp3) is 0.880. The van der Waals surface area contributed by atoms with Gasteiger partial charge in [-0.1, -0.05) is 85.0 Å². The van der Waals surface area contributed by atoms with Crippen LogP contribution in [-0.4, -0.2) is 52.9 Å². The quantitative estimate of drug-likeness (QED) is 0.110. The lowest BCUT2D eigenvalue weighted by Gasteiger charge is -2.38. The first-order valence-corrected chi connectivity index (χ1v) is 13.1. The van der Waals surface area contributed by atoms with Crippen molar-refractivity contribution in [3.8, 4) is 0 Å². The minimum absolute atomic E-state index is 0.231. The lowest BCUT2D eigenvalue weighted by Crippen LogP contribution is -2.74. The van der Waals surface area contributed by atoms with E-state index in [4.69, 9.17) is 0 Å². The average molecular weight is 472 g/mol. The molecule has 0 rings (SSSR count). The molecule has 0 fully saturated rings. The van der Waals surface area contributed by atoms with E-state index in [0.29, 0.717) is 19.5 Å². The van der Waals surface area contributed by atoms with Crippen LogP contribution < -0.4 is 16.0 Å². The molecule has 0 aliphatic rings. The maximum atomic E-state index is 12.7. The second kappa shape index (κ2) is 19.8. The van der Waals surface area contributed by atoms with Gasteiger partial charge in [-0.15, -0.1) is 0 Å². The van der Waals surface area contributed by atoms with Crippen LogP contribution in [0.15, 0.2) is 0 Å². The van der Waals surface area contributed by atoms with Gasteiger partial charge in [-0.3, -0.25) is 14.9 Å². The number of rotatable bonds is 23. The van der Waals surface area contributed by atoms with Crippen molar-refractivity contribution < 1.29 is 24.6 Å². The van der Waals surface area contributed by atoms with E-state index in [0.717, 1.165) is 44.9 Å². The molecule has 0 bridgehead atoms. The molecule has 0 radical (unpaired) electrons. The highest BCUT2D eigenvalue weighted by Crippen LogP contribution is 2.16. The molecule has 194 valence electrons. The number of amides is 1. The van der Waals surface area contributed by atoms with Crippen LogP contribution in [0, 0.1) is 0 Å². The molecule has 0 saturated carbocycles. The predicted octanol–water partition coefficient (Wildman–Crippen LogP) is 4.43. The molecule has 2 atom stereocenters. The summed E-state index contributed by atoms with van der Waals surface area (Å²) in [4.78, 5) is 36.7. The number of carbonyl (C=O) groups is 3. The summed E-state index contributed by atoms with van der Waals surface area (Å²) in [5.41, 5.74) is -1.86. The molecular weight excluding hydrogens is 422 g/mol. The van der Waals surface area contributed by atoms with Crippen molar-refractivity contribution in [1.82, 2.24) is 16.0 Å². The summed E-state index contributed by atoms with van der Waals surface area (Å²) in [6, 6.07) is -0.969. The van der Waals surface area contributed by atoms with Crippen LogP contribution in [0.2, 0.25) is 0 Å². The lowest BCUT2D eigenvalue weighted by atomic mass is 9.95. The van der Waals surface area contributed by atoms with Crippen LogP contribution >= 0.6 is 0 Å². The maximum absolute atomic E-state index is 12.7. The third kappa shape index (κ3) is 14.3. The fourth-order valence-corrected chi connectivity index (χ4v) is 3.88. The van der Waals surface area contributed by atoms with Gasteiger partial charge in [0, 0.05) is 6.42 Å². The second-order valence-corrected chi connectivity index (χ2v) is 8.98. The third-order valence-corrected chi connectivity index (χ3v) is 5.94. The first-order valence-electron chi connectivity index (χ1n) is 13.1. The number of carboxylic acids is 2. The molecule has 0 heterocycles. The van der Waals surface area contributed by atoms with E-state index in [1.807, 2.05) is 13.8 Å². The maximum Gasteiger partial charge on any atom is 0.346 e. The van der Waals surface area contributed by atoms with Crippen molar-refractivity contribution >= 4 is 17.8 Å². The van der Waals surface area contributed by atoms with E-state index in [9.17, 15) is 24.6 Å². The molecule has 0 aliphatic heterocycles. The number of unbranched alkanes of at least 4 members (excludes halogenated alkanes) is 10. The summed E-state index contributed by atoms with van der Waals surface area (Å²) < 4.78 is 0. The van der Waals surface area contributed by atoms with Crippen LogP contribution in [0.3, 0.4) is 0 Å². The first-order chi connectivity index (χ1) is 15.8. The summed E-state index contributed by atoms with van der Waals surface area (Å²) in [6.45, 7) is 7.04. The van der Waals surface area contributed by atoms with Crippen molar-refractivity contribution in [3.05, 3.63) is 0 Å². The molecule has 8 nitrogen and oxygen atoms in total. The zero-order valence-corrected chi connectivity index (χ0v) is 21.2. The van der Waals surface area contributed by atoms with E-state index in [-0.39, 0.29) is 12.3 Å². The Morgan fingerprint density at radius 2 is 1.24 bits per heavy atom. The van der Waals surface area contributed by atoms with Gasteiger partial charge >= 0.3 is 11.9 Å². The number of aliphatic carboxylic acids is 2. The summed E-state index contributed by atoms with van der Waals surface area (Å²) >= 11 is 0. The summed E-state index contributed by atoms with van der Waals surface area (Å²) in [6.07, 6.45) is 13.2. The molecule has 1 unspecified atom stereocenters. The Balaban J connectivity index is 5.02. The SMILES string of the molecule is CCCCCCCCCCCC(=O)N[C@](NCCCC)(C(=O)O)C(CC(=O)O)NCCCC.